The third-order valence-electron chi connectivity index (χ3n) is 4.20. The van der Waals surface area contributed by atoms with Crippen molar-refractivity contribution in [3.63, 3.8) is 0 Å². The molecule has 5 heteroatoms. The number of nitrogens with zero attached hydrogens (tertiary/aromatic N) is 2. The Hall–Kier alpha value is -0.910. The van der Waals surface area contributed by atoms with Gasteiger partial charge < -0.3 is 20.9 Å². The molecule has 4 N–H and O–H groups in total. The van der Waals surface area contributed by atoms with E-state index in [9.17, 15) is 0 Å². The second-order valence-electron chi connectivity index (χ2n) is 6.30. The average Bonchev–Trinajstić information content (AvgIpc) is 3.00. The van der Waals surface area contributed by atoms with Gasteiger partial charge in [-0.25, -0.2) is 4.98 Å². The van der Waals surface area contributed by atoms with Gasteiger partial charge in [0.2, 0.25) is 0 Å². The largest absolute Gasteiger partial charge is 0.337 e. The van der Waals surface area contributed by atoms with Gasteiger partial charge in [-0.1, -0.05) is 20.3 Å². The maximum Gasteiger partial charge on any atom is 0.0949 e. The second kappa shape index (κ2) is 13.5. The quantitative estimate of drug-likeness (QED) is 0.433. The Bertz CT molecular complexity index is 377. The molecule has 0 bridgehead atoms. The van der Waals surface area contributed by atoms with Gasteiger partial charge in [-0.2, -0.15) is 0 Å². The van der Waals surface area contributed by atoms with E-state index in [1.165, 1.54) is 38.5 Å². The van der Waals surface area contributed by atoms with Crippen LogP contribution in [0.15, 0.2) is 12.5 Å². The van der Waals surface area contributed by atoms with Gasteiger partial charge >= 0.3 is 0 Å². The summed E-state index contributed by atoms with van der Waals surface area (Å²) >= 11 is 0. The molecule has 0 aliphatic rings. The highest BCUT2D eigenvalue weighted by molar-refractivity contribution is 4.96. The standard InChI is InChI=1S/C18H37N5/c1-3-8-17(4-2)21-13-7-12-20-11-5-6-14-23-15-18(9-10-19)22-16-23/h15-17,20-21H,3-14,19H2,1-2H3. The summed E-state index contributed by atoms with van der Waals surface area (Å²) in [5.74, 6) is 0. The molecule has 5 nitrogen and oxygen atoms in total. The molecule has 0 aliphatic heterocycles. The van der Waals surface area contributed by atoms with E-state index in [2.05, 4.69) is 40.2 Å². The first-order valence-electron chi connectivity index (χ1n) is 9.44. The smallest absolute Gasteiger partial charge is 0.0949 e. The predicted octanol–water partition coefficient (Wildman–Crippen LogP) is 2.31. The van der Waals surface area contributed by atoms with Crippen LogP contribution in [0.4, 0.5) is 0 Å². The minimum Gasteiger partial charge on any atom is -0.337 e. The molecule has 0 radical (unpaired) electrons. The van der Waals surface area contributed by atoms with Crippen molar-refractivity contribution in [3.05, 3.63) is 18.2 Å². The van der Waals surface area contributed by atoms with Crippen molar-refractivity contribution in [3.8, 4) is 0 Å². The molecule has 134 valence electrons. The molecule has 0 spiro atoms. The summed E-state index contributed by atoms with van der Waals surface area (Å²) in [5, 5.41) is 7.19. The van der Waals surface area contributed by atoms with Crippen LogP contribution in [0.2, 0.25) is 0 Å². The van der Waals surface area contributed by atoms with Crippen LogP contribution in [0.1, 0.15) is 58.1 Å². The van der Waals surface area contributed by atoms with Crippen LogP contribution in [0.25, 0.3) is 0 Å². The van der Waals surface area contributed by atoms with E-state index in [-0.39, 0.29) is 0 Å². The number of aryl methyl sites for hydroxylation is 1. The van der Waals surface area contributed by atoms with Gasteiger partial charge in [-0.3, -0.25) is 0 Å². The molecule has 1 heterocycles. The van der Waals surface area contributed by atoms with Crippen molar-refractivity contribution in [1.29, 1.82) is 0 Å². The van der Waals surface area contributed by atoms with Crippen molar-refractivity contribution in [1.82, 2.24) is 20.2 Å². The fraction of sp³-hybridized carbons (Fsp3) is 0.833. The van der Waals surface area contributed by atoms with Gasteiger partial charge in [0.25, 0.3) is 0 Å². The third kappa shape index (κ3) is 9.74. The zero-order valence-corrected chi connectivity index (χ0v) is 15.2. The molecule has 0 aliphatic carbocycles. The lowest BCUT2D eigenvalue weighted by Crippen LogP contribution is -2.31. The zero-order chi connectivity index (χ0) is 16.8. The van der Waals surface area contributed by atoms with E-state index >= 15 is 0 Å². The summed E-state index contributed by atoms with van der Waals surface area (Å²) in [4.78, 5) is 4.35. The first-order valence-corrected chi connectivity index (χ1v) is 9.44. The molecule has 23 heavy (non-hydrogen) atoms. The Balaban J connectivity index is 1.91. The van der Waals surface area contributed by atoms with E-state index in [0.29, 0.717) is 12.6 Å². The van der Waals surface area contributed by atoms with Crippen molar-refractivity contribution in [2.24, 2.45) is 5.73 Å². The van der Waals surface area contributed by atoms with Gasteiger partial charge in [-0.05, 0) is 58.3 Å². The molecule has 1 rings (SSSR count). The lowest BCUT2D eigenvalue weighted by molar-refractivity contribution is 0.452. The predicted molar refractivity (Wildman–Crippen MR) is 98.7 cm³/mol. The molecule has 1 atom stereocenters. The van der Waals surface area contributed by atoms with Crippen molar-refractivity contribution < 1.29 is 0 Å². The number of nitrogens with one attached hydrogen (secondary N) is 2. The van der Waals surface area contributed by atoms with Crippen molar-refractivity contribution in [2.75, 3.05) is 26.2 Å². The van der Waals surface area contributed by atoms with Gasteiger partial charge in [0.1, 0.15) is 0 Å². The van der Waals surface area contributed by atoms with Crippen LogP contribution in [-0.2, 0) is 13.0 Å². The van der Waals surface area contributed by atoms with Gasteiger partial charge in [0.05, 0.1) is 12.0 Å². The molecule has 1 aromatic rings. The highest BCUT2D eigenvalue weighted by Gasteiger charge is 2.02. The van der Waals surface area contributed by atoms with Crippen LogP contribution >= 0.6 is 0 Å². The van der Waals surface area contributed by atoms with Gasteiger partial charge in [0, 0.05) is 25.2 Å². The summed E-state index contributed by atoms with van der Waals surface area (Å²) in [6.07, 6.45) is 12.3. The average molecular weight is 324 g/mol. The van der Waals surface area contributed by atoms with Crippen molar-refractivity contribution in [2.45, 2.75) is 71.4 Å². The van der Waals surface area contributed by atoms with Crippen LogP contribution in [0.5, 0.6) is 0 Å². The lowest BCUT2D eigenvalue weighted by Gasteiger charge is -2.15. The Labute approximate surface area is 142 Å². The summed E-state index contributed by atoms with van der Waals surface area (Å²) in [7, 11) is 0. The normalized spacial score (nSPS) is 12.7. The topological polar surface area (TPSA) is 67.9 Å². The second-order valence-corrected chi connectivity index (χ2v) is 6.30. The first-order chi connectivity index (χ1) is 11.3. The molecule has 0 fully saturated rings. The first kappa shape index (κ1) is 20.1. The van der Waals surface area contributed by atoms with E-state index in [4.69, 9.17) is 5.73 Å². The third-order valence-corrected chi connectivity index (χ3v) is 4.20. The Morgan fingerprint density at radius 1 is 1.17 bits per heavy atom. The Morgan fingerprint density at radius 3 is 2.74 bits per heavy atom. The fourth-order valence-corrected chi connectivity index (χ4v) is 2.79. The number of hydrogen-bond acceptors (Lipinski definition) is 4. The van der Waals surface area contributed by atoms with E-state index in [1.807, 2.05) is 6.33 Å². The fourth-order valence-electron chi connectivity index (χ4n) is 2.79. The SMILES string of the molecule is CCCC(CC)NCCCNCCCCn1cnc(CCN)c1. The van der Waals surface area contributed by atoms with E-state index in [0.717, 1.165) is 38.3 Å². The summed E-state index contributed by atoms with van der Waals surface area (Å²) in [6.45, 7) is 9.60. The maximum absolute atomic E-state index is 5.54. The summed E-state index contributed by atoms with van der Waals surface area (Å²) in [5.41, 5.74) is 6.64. The molecule has 0 saturated heterocycles. The lowest BCUT2D eigenvalue weighted by atomic mass is 10.1. The summed E-state index contributed by atoms with van der Waals surface area (Å²) in [6, 6.07) is 0.708. The van der Waals surface area contributed by atoms with Crippen LogP contribution in [0, 0.1) is 0 Å². The highest BCUT2D eigenvalue weighted by atomic mass is 15.0. The number of unbranched alkanes of at least 4 members (excludes halogenated alkanes) is 1. The minimum absolute atomic E-state index is 0.674. The number of aromatic nitrogens is 2. The Kier molecular flexibility index (Phi) is 11.8. The maximum atomic E-state index is 5.54. The molecule has 1 aromatic heterocycles. The Morgan fingerprint density at radius 2 is 2.00 bits per heavy atom. The number of nitrogens with two attached hydrogens (primary N) is 1. The van der Waals surface area contributed by atoms with Crippen LogP contribution in [0.3, 0.4) is 0 Å². The molecule has 1 unspecified atom stereocenters. The molecule has 0 saturated carbocycles. The molecular formula is C18H37N5. The van der Waals surface area contributed by atoms with Crippen LogP contribution in [-0.4, -0.2) is 41.8 Å². The minimum atomic E-state index is 0.674. The highest BCUT2D eigenvalue weighted by Crippen LogP contribution is 2.01. The van der Waals surface area contributed by atoms with Gasteiger partial charge in [0.15, 0.2) is 0 Å². The number of hydrogen-bond donors (Lipinski definition) is 3. The monoisotopic (exact) mass is 323 g/mol. The van der Waals surface area contributed by atoms with Crippen LogP contribution < -0.4 is 16.4 Å². The van der Waals surface area contributed by atoms with E-state index < -0.39 is 0 Å². The molecule has 0 aromatic carbocycles. The molecular weight excluding hydrogens is 286 g/mol. The zero-order valence-electron chi connectivity index (χ0n) is 15.2. The van der Waals surface area contributed by atoms with E-state index in [1.54, 1.807) is 0 Å². The number of rotatable bonds is 15. The number of imidazole rings is 1. The summed E-state index contributed by atoms with van der Waals surface area (Å²) < 4.78 is 2.17. The van der Waals surface area contributed by atoms with Gasteiger partial charge in [-0.15, -0.1) is 0 Å². The van der Waals surface area contributed by atoms with Crippen molar-refractivity contribution >= 4 is 0 Å². The molecule has 0 amide bonds.